The zero-order valence-corrected chi connectivity index (χ0v) is 17.0. The number of rotatable bonds is 4. The first-order valence-corrected chi connectivity index (χ1v) is 9.24. The summed E-state index contributed by atoms with van der Waals surface area (Å²) in [5, 5.41) is 9.55. The van der Waals surface area contributed by atoms with Crippen LogP contribution in [0.15, 0.2) is 65.9 Å². The molecular weight excluding hydrogens is 346 g/mol. The first-order valence-electron chi connectivity index (χ1n) is 9.24. The molecule has 0 spiro atoms. The molecular formula is C24H25N3O. The number of nitriles is 1. The van der Waals surface area contributed by atoms with Gasteiger partial charge in [0, 0.05) is 49.7 Å². The van der Waals surface area contributed by atoms with Gasteiger partial charge in [-0.1, -0.05) is 44.2 Å². The molecule has 0 bridgehead atoms. The van der Waals surface area contributed by atoms with E-state index in [2.05, 4.69) is 32.0 Å². The van der Waals surface area contributed by atoms with E-state index in [4.69, 9.17) is 0 Å². The van der Waals surface area contributed by atoms with Crippen LogP contribution in [0.2, 0.25) is 0 Å². The number of hydrogen-bond donors (Lipinski definition) is 0. The number of allylic oxidation sites excluding steroid dienone is 3. The first-order chi connectivity index (χ1) is 13.3. The molecule has 0 N–H and O–H groups in total. The Morgan fingerprint density at radius 1 is 1.11 bits per heavy atom. The number of para-hydroxylation sites is 1. The van der Waals surface area contributed by atoms with Gasteiger partial charge in [-0.3, -0.25) is 4.79 Å². The molecule has 0 aliphatic carbocycles. The molecule has 28 heavy (non-hydrogen) atoms. The van der Waals surface area contributed by atoms with E-state index < -0.39 is 0 Å². The number of carbonyl (C=O) groups excluding carboxylic acids is 1. The number of nitrogens with zero attached hydrogens (tertiary/aromatic N) is 3. The summed E-state index contributed by atoms with van der Waals surface area (Å²) < 4.78 is 0. The summed E-state index contributed by atoms with van der Waals surface area (Å²) in [6.45, 7) is 4.20. The minimum absolute atomic E-state index is 0.130. The van der Waals surface area contributed by atoms with Crippen LogP contribution in [0, 0.1) is 11.3 Å². The number of anilines is 2. The van der Waals surface area contributed by atoms with Crippen molar-refractivity contribution in [3.05, 3.63) is 77.0 Å². The maximum absolute atomic E-state index is 12.9. The molecule has 4 nitrogen and oxygen atoms in total. The molecule has 0 saturated heterocycles. The Morgan fingerprint density at radius 2 is 1.75 bits per heavy atom. The summed E-state index contributed by atoms with van der Waals surface area (Å²) in [5.74, 6) is -0.276. The van der Waals surface area contributed by atoms with E-state index in [1.807, 2.05) is 67.3 Å². The second-order valence-electron chi connectivity index (χ2n) is 7.75. The molecule has 0 fully saturated rings. The molecule has 0 amide bonds. The number of fused-ring (bicyclic) bond motifs is 1. The van der Waals surface area contributed by atoms with Crippen molar-refractivity contribution in [1.82, 2.24) is 0 Å². The van der Waals surface area contributed by atoms with Crippen LogP contribution in [0.4, 0.5) is 11.4 Å². The van der Waals surface area contributed by atoms with Crippen molar-refractivity contribution >= 4 is 23.2 Å². The predicted molar refractivity (Wildman–Crippen MR) is 115 cm³/mol. The Kier molecular flexibility index (Phi) is 5.11. The Bertz CT molecular complexity index is 1000. The normalized spacial score (nSPS) is 16.6. The van der Waals surface area contributed by atoms with Gasteiger partial charge in [0.25, 0.3) is 0 Å². The fourth-order valence-corrected chi connectivity index (χ4v) is 3.65. The summed E-state index contributed by atoms with van der Waals surface area (Å²) in [6, 6.07) is 18.0. The fourth-order valence-electron chi connectivity index (χ4n) is 3.65. The van der Waals surface area contributed by atoms with Crippen molar-refractivity contribution in [2.75, 3.05) is 30.9 Å². The van der Waals surface area contributed by atoms with Crippen LogP contribution in [-0.4, -0.2) is 26.9 Å². The van der Waals surface area contributed by atoms with Crippen molar-refractivity contribution in [3.63, 3.8) is 0 Å². The quantitative estimate of drug-likeness (QED) is 0.585. The molecule has 0 saturated carbocycles. The zero-order valence-electron chi connectivity index (χ0n) is 17.0. The summed E-state index contributed by atoms with van der Waals surface area (Å²) in [4.78, 5) is 16.9. The van der Waals surface area contributed by atoms with Crippen molar-refractivity contribution < 1.29 is 4.79 Å². The highest BCUT2D eigenvalue weighted by molar-refractivity contribution is 6.11. The van der Waals surface area contributed by atoms with Crippen LogP contribution >= 0.6 is 0 Å². The zero-order chi connectivity index (χ0) is 20.5. The molecule has 4 heteroatoms. The fraction of sp³-hybridized carbons (Fsp3) is 0.250. The van der Waals surface area contributed by atoms with Crippen molar-refractivity contribution in [2.45, 2.75) is 19.3 Å². The van der Waals surface area contributed by atoms with Crippen LogP contribution in [0.1, 0.15) is 25.0 Å². The second-order valence-corrected chi connectivity index (χ2v) is 7.75. The predicted octanol–water partition coefficient (Wildman–Crippen LogP) is 4.54. The van der Waals surface area contributed by atoms with Crippen LogP contribution in [0.3, 0.4) is 0 Å². The number of ketones is 1. The summed E-state index contributed by atoms with van der Waals surface area (Å²) in [7, 11) is 5.90. The van der Waals surface area contributed by atoms with Gasteiger partial charge in [-0.15, -0.1) is 0 Å². The van der Waals surface area contributed by atoms with E-state index in [0.717, 1.165) is 22.6 Å². The Labute approximate surface area is 167 Å². The SMILES string of the molecule is CN(C)c1ccc(C=C(C#N)C(=O)C=C2N(C)c3ccccc3C2(C)C)cc1. The van der Waals surface area contributed by atoms with Gasteiger partial charge in [0.2, 0.25) is 0 Å². The maximum Gasteiger partial charge on any atom is 0.198 e. The van der Waals surface area contributed by atoms with E-state index in [1.54, 1.807) is 12.2 Å². The van der Waals surface area contributed by atoms with Gasteiger partial charge in [-0.2, -0.15) is 5.26 Å². The van der Waals surface area contributed by atoms with Crippen molar-refractivity contribution in [1.29, 1.82) is 5.26 Å². The van der Waals surface area contributed by atoms with E-state index >= 15 is 0 Å². The third kappa shape index (κ3) is 3.44. The minimum Gasteiger partial charge on any atom is -0.378 e. The number of carbonyl (C=O) groups is 1. The van der Waals surface area contributed by atoms with Crippen molar-refractivity contribution in [2.24, 2.45) is 0 Å². The topological polar surface area (TPSA) is 47.3 Å². The molecule has 2 aromatic carbocycles. The first kappa shape index (κ1) is 19.4. The van der Waals surface area contributed by atoms with Crippen LogP contribution < -0.4 is 9.80 Å². The summed E-state index contributed by atoms with van der Waals surface area (Å²) >= 11 is 0. The monoisotopic (exact) mass is 371 g/mol. The molecule has 1 aliphatic rings. The second kappa shape index (κ2) is 7.36. The molecule has 3 rings (SSSR count). The van der Waals surface area contributed by atoms with Gasteiger partial charge in [0.05, 0.1) is 5.57 Å². The highest BCUT2D eigenvalue weighted by Crippen LogP contribution is 2.46. The summed E-state index contributed by atoms with van der Waals surface area (Å²) in [5.41, 5.74) is 4.89. The lowest BCUT2D eigenvalue weighted by Crippen LogP contribution is -2.24. The van der Waals surface area contributed by atoms with Gasteiger partial charge in [0.15, 0.2) is 5.78 Å². The molecule has 1 heterocycles. The third-order valence-corrected chi connectivity index (χ3v) is 5.31. The van der Waals surface area contributed by atoms with Gasteiger partial charge < -0.3 is 9.80 Å². The number of benzene rings is 2. The van der Waals surface area contributed by atoms with E-state index in [-0.39, 0.29) is 16.8 Å². The lowest BCUT2D eigenvalue weighted by Gasteiger charge is -2.23. The van der Waals surface area contributed by atoms with Crippen molar-refractivity contribution in [3.8, 4) is 6.07 Å². The van der Waals surface area contributed by atoms with E-state index in [1.165, 1.54) is 5.56 Å². The Balaban J connectivity index is 1.93. The van der Waals surface area contributed by atoms with Crippen LogP contribution in [0.25, 0.3) is 6.08 Å². The van der Waals surface area contributed by atoms with E-state index in [0.29, 0.717) is 0 Å². The van der Waals surface area contributed by atoms with E-state index in [9.17, 15) is 10.1 Å². The summed E-state index contributed by atoms with van der Waals surface area (Å²) in [6.07, 6.45) is 3.25. The average molecular weight is 371 g/mol. The van der Waals surface area contributed by atoms with Crippen LogP contribution in [-0.2, 0) is 10.2 Å². The molecule has 142 valence electrons. The Morgan fingerprint density at radius 3 is 2.32 bits per heavy atom. The van der Waals surface area contributed by atoms with Gasteiger partial charge in [-0.05, 0) is 35.4 Å². The highest BCUT2D eigenvalue weighted by Gasteiger charge is 2.38. The number of hydrogen-bond acceptors (Lipinski definition) is 4. The third-order valence-electron chi connectivity index (χ3n) is 5.31. The standard InChI is InChI=1S/C24H25N3O/c1-24(2)20-8-6-7-9-21(20)27(5)23(24)15-22(28)18(16-25)14-17-10-12-19(13-11-17)26(3)4/h6-15H,1-5H3. The molecule has 0 unspecified atom stereocenters. The molecule has 1 aliphatic heterocycles. The largest absolute Gasteiger partial charge is 0.378 e. The Hall–Kier alpha value is -3.32. The lowest BCUT2D eigenvalue weighted by atomic mass is 9.83. The highest BCUT2D eigenvalue weighted by atomic mass is 16.1. The maximum atomic E-state index is 12.9. The molecule has 0 atom stereocenters. The smallest absolute Gasteiger partial charge is 0.198 e. The molecule has 0 aromatic heterocycles. The minimum atomic E-state index is -0.297. The molecule has 0 radical (unpaired) electrons. The average Bonchev–Trinajstić information content (AvgIpc) is 2.87. The van der Waals surface area contributed by atoms with Gasteiger partial charge >= 0.3 is 0 Å². The lowest BCUT2D eigenvalue weighted by molar-refractivity contribution is -0.111. The molecule has 2 aromatic rings. The van der Waals surface area contributed by atoms with Gasteiger partial charge in [0.1, 0.15) is 6.07 Å². The van der Waals surface area contributed by atoms with Gasteiger partial charge in [-0.25, -0.2) is 0 Å². The number of likely N-dealkylation sites (N-methyl/N-ethyl adjacent to an activating group) is 1. The van der Waals surface area contributed by atoms with Crippen LogP contribution in [0.5, 0.6) is 0 Å².